The Morgan fingerprint density at radius 2 is 1.00 bits per heavy atom. The van der Waals surface area contributed by atoms with E-state index >= 15 is 0 Å². The minimum atomic E-state index is -0.293. The van der Waals surface area contributed by atoms with Crippen molar-refractivity contribution in [1.82, 2.24) is 0 Å². The van der Waals surface area contributed by atoms with Gasteiger partial charge in [-0.15, -0.1) is 0 Å². The van der Waals surface area contributed by atoms with Gasteiger partial charge < -0.3 is 29.0 Å². The van der Waals surface area contributed by atoms with Crippen molar-refractivity contribution in [1.29, 1.82) is 0 Å². The Labute approximate surface area is 346 Å². The first-order valence-corrected chi connectivity index (χ1v) is 23.0. The number of carbonyl (C=O) groups excluding carboxylic acids is 5. The van der Waals surface area contributed by atoms with Gasteiger partial charge in [0, 0.05) is 104 Å². The van der Waals surface area contributed by atoms with E-state index in [4.69, 9.17) is 18.9 Å². The first-order chi connectivity index (χ1) is 27.0. The van der Waals surface area contributed by atoms with Crippen LogP contribution >= 0.6 is 47.0 Å². The number of rotatable bonds is 26. The molecule has 0 radical (unpaired) electrons. The van der Waals surface area contributed by atoms with Gasteiger partial charge in [0.25, 0.3) is 0 Å². The number of Topliss-reactive ketones (excluding diaryl/α,β-unsaturated/α-hetero) is 1. The summed E-state index contributed by atoms with van der Waals surface area (Å²) in [6.07, 6.45) is 7.50. The molecule has 1 aromatic carbocycles. The average molecular weight is 849 g/mol. The third kappa shape index (κ3) is 17.3. The van der Waals surface area contributed by atoms with Crippen LogP contribution < -0.4 is 10.0 Å². The number of benzene rings is 1. The number of allylic oxidation sites excluding steroid dienone is 7. The van der Waals surface area contributed by atoms with Crippen LogP contribution in [0.15, 0.2) is 65.5 Å². The number of hydrogen-bond acceptors (Lipinski definition) is 15. The second-order valence-electron chi connectivity index (χ2n) is 12.3. The number of nitrogens with zero attached hydrogens (tertiary/aromatic N) is 2. The highest BCUT2D eigenvalue weighted by atomic mass is 32.2. The molecule has 12 nitrogen and oxygen atoms in total. The predicted octanol–water partition coefficient (Wildman–Crippen LogP) is 4.21. The second-order valence-corrected chi connectivity index (χ2v) is 17.2. The fourth-order valence-electron chi connectivity index (χ4n) is 5.42. The van der Waals surface area contributed by atoms with Crippen LogP contribution in [-0.2, 0) is 42.9 Å². The zero-order valence-corrected chi connectivity index (χ0v) is 35.8. The van der Waals surface area contributed by atoms with Crippen LogP contribution in [0.3, 0.4) is 0 Å². The molecule has 1 aromatic rings. The van der Waals surface area contributed by atoms with E-state index < -0.39 is 0 Å². The van der Waals surface area contributed by atoms with Crippen LogP contribution in [0.5, 0.6) is 0 Å². The van der Waals surface area contributed by atoms with E-state index in [2.05, 4.69) is 9.48 Å². The molecule has 2 aliphatic rings. The molecule has 0 spiro atoms. The Hall–Kier alpha value is -3.60. The maximum atomic E-state index is 13.4. The third-order valence-electron chi connectivity index (χ3n) is 8.10. The van der Waals surface area contributed by atoms with Crippen molar-refractivity contribution in [3.8, 4) is 0 Å². The minimum absolute atomic E-state index is 0.183. The summed E-state index contributed by atoms with van der Waals surface area (Å²) in [7, 11) is 0. The molecule has 0 heterocycles. The monoisotopic (exact) mass is 848 g/mol. The molecule has 0 unspecified atom stereocenters. The number of hydrogen-bond donors (Lipinski definition) is 0. The van der Waals surface area contributed by atoms with Crippen LogP contribution in [0.1, 0.15) is 33.3 Å². The highest BCUT2D eigenvalue weighted by Crippen LogP contribution is 2.38. The van der Waals surface area contributed by atoms with Gasteiger partial charge in [-0.3, -0.25) is 24.0 Å². The van der Waals surface area contributed by atoms with Crippen LogP contribution in [-0.4, -0.2) is 139 Å². The van der Waals surface area contributed by atoms with Gasteiger partial charge >= 0.3 is 23.9 Å². The van der Waals surface area contributed by atoms with Crippen molar-refractivity contribution < 1.29 is 52.6 Å². The molecule has 56 heavy (non-hydrogen) atoms. The molecular weight excluding hydrogens is 797 g/mol. The van der Waals surface area contributed by atoms with Crippen molar-refractivity contribution >= 4 is 93.7 Å². The standard InChI is InChI=1S/C40H52N2O10S4/c1-29(43)49-17-25-53-21-13-41(14-22-54-26-18-50-30(2)44)35-9-5-33(6-10-35)37-39(47)38(40(37)48)34-7-11-36(12-8-34)42(15-23-55-27-19-51-31(3)45)16-24-56-28-20-52-32(4)46/h5-12H,13-28H2,1-4H3. The first-order valence-electron chi connectivity index (χ1n) is 18.4. The predicted molar refractivity (Wildman–Crippen MR) is 227 cm³/mol. The van der Waals surface area contributed by atoms with Crippen LogP contribution in [0, 0.1) is 0 Å². The van der Waals surface area contributed by atoms with Crippen molar-refractivity contribution in [2.24, 2.45) is 0 Å². The van der Waals surface area contributed by atoms with Gasteiger partial charge in [0.2, 0.25) is 0 Å². The van der Waals surface area contributed by atoms with Gasteiger partial charge in [0.15, 0.2) is 24.6 Å². The molecule has 0 saturated heterocycles. The van der Waals surface area contributed by atoms with Gasteiger partial charge in [-0.05, 0) is 35.4 Å². The second kappa shape index (κ2) is 26.3. The maximum absolute atomic E-state index is 13.4. The molecule has 0 aromatic heterocycles. The normalized spacial score (nSPS) is 13.4. The fourth-order valence-corrected chi connectivity index (χ4v) is 8.44. The van der Waals surface area contributed by atoms with Gasteiger partial charge in [0.1, 0.15) is 26.4 Å². The molecule has 0 saturated carbocycles. The molecule has 0 amide bonds. The highest BCUT2D eigenvalue weighted by Gasteiger charge is 2.31. The summed E-state index contributed by atoms with van der Waals surface area (Å²) in [5, 5.41) is 13.4. The third-order valence-corrected chi connectivity index (χ3v) is 11.8. The summed E-state index contributed by atoms with van der Waals surface area (Å²) in [6, 6.07) is 7.50. The number of ketones is 1. The Morgan fingerprint density at radius 3 is 1.39 bits per heavy atom. The number of carbonyl (C=O) groups is 5. The zero-order valence-electron chi connectivity index (χ0n) is 32.5. The Bertz CT molecular complexity index is 1600. The van der Waals surface area contributed by atoms with E-state index in [1.807, 2.05) is 48.6 Å². The first kappa shape index (κ1) is 46.8. The molecule has 16 heteroatoms. The number of anilines is 1. The molecule has 0 atom stereocenters. The van der Waals surface area contributed by atoms with Crippen molar-refractivity contribution in [2.75, 3.05) is 104 Å². The lowest BCUT2D eigenvalue weighted by molar-refractivity contribution is -0.516. The lowest BCUT2D eigenvalue weighted by atomic mass is 9.80. The van der Waals surface area contributed by atoms with Crippen LogP contribution in [0.4, 0.5) is 5.69 Å². The van der Waals surface area contributed by atoms with E-state index in [0.717, 1.165) is 60.6 Å². The molecule has 306 valence electrons. The summed E-state index contributed by atoms with van der Waals surface area (Å²) < 4.78 is 22.4. The zero-order chi connectivity index (χ0) is 40.7. The maximum Gasteiger partial charge on any atom is 0.302 e. The van der Waals surface area contributed by atoms with Gasteiger partial charge in [-0.25, -0.2) is 4.58 Å². The van der Waals surface area contributed by atoms with Gasteiger partial charge in [-0.1, -0.05) is 17.9 Å². The van der Waals surface area contributed by atoms with Crippen molar-refractivity contribution in [3.05, 3.63) is 71.0 Å². The summed E-state index contributed by atoms with van der Waals surface area (Å²) in [6.45, 7) is 10.0. The van der Waals surface area contributed by atoms with Crippen LogP contribution in [0.25, 0.3) is 5.57 Å². The summed E-state index contributed by atoms with van der Waals surface area (Å²) in [5.41, 5.74) is 3.46. The van der Waals surface area contributed by atoms with E-state index in [-0.39, 0.29) is 46.6 Å². The van der Waals surface area contributed by atoms with E-state index in [0.29, 0.717) is 60.6 Å². The number of thioether (sulfide) groups is 4. The van der Waals surface area contributed by atoms with Crippen molar-refractivity contribution in [2.45, 2.75) is 27.7 Å². The smallest absolute Gasteiger partial charge is 0.302 e. The SMILES string of the molecule is CC(=O)OCCSCCN(CCSCCOC(C)=O)c1ccc(C2=C([O-])C(=C3C=CC(=[N+](CCSCCOC(C)=O)CCSCCOC(C)=O)C=C3)C2=O)cc1. The molecule has 2 aliphatic carbocycles. The summed E-state index contributed by atoms with van der Waals surface area (Å²) >= 11 is 6.77. The van der Waals surface area contributed by atoms with Gasteiger partial charge in [0.05, 0.1) is 11.5 Å². The molecule has 0 fully saturated rings. The lowest BCUT2D eigenvalue weighted by Gasteiger charge is -2.32. The quantitative estimate of drug-likeness (QED) is 0.0430. The molecule has 0 aliphatic heterocycles. The fraction of sp³-hybridized carbons (Fsp3) is 0.500. The van der Waals surface area contributed by atoms with E-state index in [1.54, 1.807) is 47.0 Å². The Morgan fingerprint density at radius 1 is 0.589 bits per heavy atom. The molecule has 0 bridgehead atoms. The minimum Gasteiger partial charge on any atom is -0.871 e. The number of ether oxygens (including phenoxy) is 4. The molecule has 0 N–H and O–H groups in total. The highest BCUT2D eigenvalue weighted by molar-refractivity contribution is 7.99. The van der Waals surface area contributed by atoms with E-state index in [9.17, 15) is 29.1 Å². The Balaban J connectivity index is 1.68. The van der Waals surface area contributed by atoms with E-state index in [1.165, 1.54) is 27.7 Å². The van der Waals surface area contributed by atoms with Crippen molar-refractivity contribution in [3.63, 3.8) is 0 Å². The Kier molecular flexibility index (Phi) is 22.0. The summed E-state index contributed by atoms with van der Waals surface area (Å²) in [4.78, 5) is 59.9. The van der Waals surface area contributed by atoms with Gasteiger partial charge in [-0.2, -0.15) is 47.0 Å². The largest absolute Gasteiger partial charge is 0.871 e. The summed E-state index contributed by atoms with van der Waals surface area (Å²) in [5.74, 6) is 4.35. The average Bonchev–Trinajstić information content (AvgIpc) is 3.15. The lowest BCUT2D eigenvalue weighted by Crippen LogP contribution is -2.31. The number of esters is 4. The topological polar surface area (TPSA) is 152 Å². The molecular formula is C40H52N2O10S4. The van der Waals surface area contributed by atoms with Crippen LogP contribution in [0.2, 0.25) is 0 Å². The molecule has 3 rings (SSSR count).